The van der Waals surface area contributed by atoms with Gasteiger partial charge in [-0.15, -0.1) is 0 Å². The van der Waals surface area contributed by atoms with Crippen LogP contribution in [0, 0.1) is 12.7 Å². The Balaban J connectivity index is 2.21. The van der Waals surface area contributed by atoms with Gasteiger partial charge in [-0.2, -0.15) is 0 Å². The molecule has 2 N–H and O–H groups in total. The summed E-state index contributed by atoms with van der Waals surface area (Å²) in [5.41, 5.74) is 6.88. The fourth-order valence-electron chi connectivity index (χ4n) is 3.08. The number of rotatable bonds is 4. The molecule has 0 aromatic heterocycles. The largest absolute Gasteiger partial charge is 0.460 e. The van der Waals surface area contributed by atoms with Crippen LogP contribution in [0.4, 0.5) is 8.78 Å². The van der Waals surface area contributed by atoms with Crippen LogP contribution in [0.1, 0.15) is 23.6 Å². The highest BCUT2D eigenvalue weighted by molar-refractivity contribution is 7.80. The van der Waals surface area contributed by atoms with Crippen molar-refractivity contribution in [2.24, 2.45) is 10.7 Å². The van der Waals surface area contributed by atoms with Crippen molar-refractivity contribution in [1.82, 2.24) is 4.90 Å². The molecule has 1 aliphatic heterocycles. The van der Waals surface area contributed by atoms with Gasteiger partial charge in [0.1, 0.15) is 16.6 Å². The number of aliphatic imine (C=N–C) groups is 1. The van der Waals surface area contributed by atoms with Crippen molar-refractivity contribution in [3.8, 4) is 5.75 Å². The van der Waals surface area contributed by atoms with Gasteiger partial charge < -0.3 is 15.4 Å². The van der Waals surface area contributed by atoms with Gasteiger partial charge in [-0.1, -0.05) is 30.4 Å². The van der Waals surface area contributed by atoms with E-state index in [0.29, 0.717) is 27.4 Å². The van der Waals surface area contributed by atoms with Gasteiger partial charge in [0.05, 0.1) is 0 Å². The number of thiocarbonyl (C=S) groups is 1. The summed E-state index contributed by atoms with van der Waals surface area (Å²) in [6.07, 6.45) is -1.43. The fraction of sp³-hybridized carbons (Fsp3) is 0.263. The molecule has 0 bridgehead atoms. The molecule has 0 saturated heterocycles. The number of likely N-dealkylation sites (N-methyl/N-ethyl adjacent to an activating group) is 1. The van der Waals surface area contributed by atoms with Crippen LogP contribution >= 0.6 is 12.2 Å². The zero-order chi connectivity index (χ0) is 19.1. The minimum atomic E-state index is -1.43. The summed E-state index contributed by atoms with van der Waals surface area (Å²) in [6, 6.07) is 11.3. The van der Waals surface area contributed by atoms with Crippen LogP contribution in [0.25, 0.3) is 0 Å². The minimum Gasteiger partial charge on any atom is -0.460 e. The quantitative estimate of drug-likeness (QED) is 0.829. The number of nitrogens with zero attached hydrogens (tertiary/aromatic N) is 2. The first kappa shape index (κ1) is 18.3. The van der Waals surface area contributed by atoms with E-state index in [9.17, 15) is 8.78 Å². The maximum Gasteiger partial charge on any atom is 0.235 e. The third kappa shape index (κ3) is 2.92. The first-order chi connectivity index (χ1) is 12.3. The summed E-state index contributed by atoms with van der Waals surface area (Å²) < 4.78 is 32.3. The predicted octanol–water partition coefficient (Wildman–Crippen LogP) is 3.66. The zero-order valence-electron chi connectivity index (χ0n) is 14.7. The third-order valence-electron chi connectivity index (χ3n) is 4.36. The predicted molar refractivity (Wildman–Crippen MR) is 102 cm³/mol. The molecular weight excluding hydrogens is 356 g/mol. The summed E-state index contributed by atoms with van der Waals surface area (Å²) in [4.78, 5) is 6.63. The van der Waals surface area contributed by atoms with Crippen molar-refractivity contribution in [1.29, 1.82) is 0 Å². The van der Waals surface area contributed by atoms with Crippen LogP contribution < -0.4 is 10.5 Å². The lowest BCUT2D eigenvalue weighted by Crippen LogP contribution is -2.39. The van der Waals surface area contributed by atoms with Crippen LogP contribution in [-0.4, -0.2) is 29.3 Å². The monoisotopic (exact) mass is 375 g/mol. The van der Waals surface area contributed by atoms with E-state index in [1.165, 1.54) is 19.1 Å². The van der Waals surface area contributed by atoms with Gasteiger partial charge in [0, 0.05) is 14.0 Å². The number of hydrogen-bond donors (Lipinski definition) is 1. The van der Waals surface area contributed by atoms with E-state index in [-0.39, 0.29) is 5.96 Å². The Morgan fingerprint density at radius 2 is 1.92 bits per heavy atom. The standard InChI is InChI=1S/C19H19F2N3OS/c1-11-9-14(7-8-16(11)25-12(2)20)19(13-5-4-6-15(21)10-13)17(26)24(3)18(22)23-19/h4-10,12H,1-3H3,(H2,22,23). The molecule has 2 aromatic rings. The van der Waals surface area contributed by atoms with Gasteiger partial charge in [0.2, 0.25) is 6.36 Å². The number of ether oxygens (including phenoxy) is 1. The van der Waals surface area contributed by atoms with E-state index in [1.54, 1.807) is 43.1 Å². The molecular formula is C19H19F2N3OS. The summed E-state index contributed by atoms with van der Waals surface area (Å²) in [7, 11) is 1.72. The smallest absolute Gasteiger partial charge is 0.235 e. The molecule has 26 heavy (non-hydrogen) atoms. The number of guanidine groups is 1. The van der Waals surface area contributed by atoms with E-state index >= 15 is 0 Å². The van der Waals surface area contributed by atoms with Crippen molar-refractivity contribution < 1.29 is 13.5 Å². The van der Waals surface area contributed by atoms with Crippen molar-refractivity contribution in [3.63, 3.8) is 0 Å². The van der Waals surface area contributed by atoms with E-state index in [1.807, 2.05) is 6.07 Å². The lowest BCUT2D eigenvalue weighted by molar-refractivity contribution is 0.0852. The first-order valence-electron chi connectivity index (χ1n) is 8.07. The highest BCUT2D eigenvalue weighted by Gasteiger charge is 2.46. The van der Waals surface area contributed by atoms with E-state index < -0.39 is 17.7 Å². The number of hydrogen-bond acceptors (Lipinski definition) is 4. The van der Waals surface area contributed by atoms with Gasteiger partial charge in [-0.25, -0.2) is 13.8 Å². The second-order valence-corrected chi connectivity index (χ2v) is 6.58. The number of halogens is 2. The van der Waals surface area contributed by atoms with Crippen LogP contribution in [-0.2, 0) is 5.54 Å². The lowest BCUT2D eigenvalue weighted by atomic mass is 9.82. The molecule has 2 atom stereocenters. The van der Waals surface area contributed by atoms with Crippen LogP contribution in [0.2, 0.25) is 0 Å². The van der Waals surface area contributed by atoms with E-state index in [4.69, 9.17) is 22.7 Å². The van der Waals surface area contributed by atoms with E-state index in [0.717, 1.165) is 0 Å². The maximum atomic E-state index is 13.9. The minimum absolute atomic E-state index is 0.245. The molecule has 2 unspecified atom stereocenters. The Morgan fingerprint density at radius 1 is 1.23 bits per heavy atom. The van der Waals surface area contributed by atoms with Gasteiger partial charge in [0.15, 0.2) is 11.5 Å². The Morgan fingerprint density at radius 3 is 2.46 bits per heavy atom. The molecule has 1 aliphatic rings. The summed E-state index contributed by atoms with van der Waals surface area (Å²) in [6.45, 7) is 3.11. The fourth-order valence-corrected chi connectivity index (χ4v) is 3.45. The average Bonchev–Trinajstić information content (AvgIpc) is 2.81. The topological polar surface area (TPSA) is 50.8 Å². The second kappa shape index (κ2) is 6.64. The van der Waals surface area contributed by atoms with Crippen LogP contribution in [0.5, 0.6) is 5.75 Å². The summed E-state index contributed by atoms with van der Waals surface area (Å²) in [5, 5.41) is 0. The Bertz CT molecular complexity index is 900. The third-order valence-corrected chi connectivity index (χ3v) is 4.93. The summed E-state index contributed by atoms with van der Waals surface area (Å²) >= 11 is 5.62. The second-order valence-electron chi connectivity index (χ2n) is 6.20. The van der Waals surface area contributed by atoms with Gasteiger partial charge in [-0.3, -0.25) is 0 Å². The Hall–Kier alpha value is -2.54. The molecule has 0 spiro atoms. The maximum absolute atomic E-state index is 13.9. The molecule has 0 fully saturated rings. The summed E-state index contributed by atoms with van der Waals surface area (Å²) in [5.74, 6) is 0.276. The number of aryl methyl sites for hydroxylation is 1. The molecule has 1 heterocycles. The highest BCUT2D eigenvalue weighted by atomic mass is 32.1. The SMILES string of the molecule is Cc1cc(C2(c3cccc(F)c3)N=C(N)N(C)C2=S)ccc1OC(C)F. The van der Waals surface area contributed by atoms with Crippen LogP contribution in [0.15, 0.2) is 47.5 Å². The number of nitrogens with two attached hydrogens (primary N) is 1. The molecule has 2 aromatic carbocycles. The van der Waals surface area contributed by atoms with Crippen molar-refractivity contribution >= 4 is 23.2 Å². The van der Waals surface area contributed by atoms with Crippen molar-refractivity contribution in [2.45, 2.75) is 25.7 Å². The Kier molecular flexibility index (Phi) is 4.66. The molecule has 0 radical (unpaired) electrons. The highest BCUT2D eigenvalue weighted by Crippen LogP contribution is 2.41. The number of alkyl halides is 1. The molecule has 4 nitrogen and oxygen atoms in total. The van der Waals surface area contributed by atoms with E-state index in [2.05, 4.69) is 4.99 Å². The molecule has 0 saturated carbocycles. The number of benzene rings is 2. The molecule has 3 rings (SSSR count). The van der Waals surface area contributed by atoms with Crippen molar-refractivity contribution in [3.05, 3.63) is 65.0 Å². The normalized spacial score (nSPS) is 20.9. The van der Waals surface area contributed by atoms with Crippen LogP contribution in [0.3, 0.4) is 0 Å². The molecule has 136 valence electrons. The average molecular weight is 375 g/mol. The molecule has 0 aliphatic carbocycles. The molecule has 0 amide bonds. The van der Waals surface area contributed by atoms with Gasteiger partial charge in [-0.05, 0) is 47.9 Å². The molecule has 7 heteroatoms. The van der Waals surface area contributed by atoms with Gasteiger partial charge >= 0.3 is 0 Å². The van der Waals surface area contributed by atoms with Crippen molar-refractivity contribution in [2.75, 3.05) is 7.05 Å². The Labute approximate surface area is 156 Å². The van der Waals surface area contributed by atoms with Gasteiger partial charge in [0.25, 0.3) is 0 Å². The first-order valence-corrected chi connectivity index (χ1v) is 8.48. The lowest BCUT2D eigenvalue weighted by Gasteiger charge is -2.29. The zero-order valence-corrected chi connectivity index (χ0v) is 15.5.